The van der Waals surface area contributed by atoms with Crippen LogP contribution in [0.4, 0.5) is 0 Å². The zero-order valence-electron chi connectivity index (χ0n) is 15.8. The smallest absolute Gasteiger partial charge is 0.387 e. The summed E-state index contributed by atoms with van der Waals surface area (Å²) in [5.74, 6) is 0. The van der Waals surface area contributed by atoms with E-state index in [-0.39, 0.29) is 5.56 Å². The predicted octanol–water partition coefficient (Wildman–Crippen LogP) is -0.747. The number of rotatable bonds is 8. The average Bonchev–Trinajstić information content (AvgIpc) is 2.81. The Balaban J connectivity index is 2.09. The molecule has 2 heterocycles. The number of ether oxygens (including phenoxy) is 1. The van der Waals surface area contributed by atoms with Crippen LogP contribution < -0.4 is 11.2 Å². The van der Waals surface area contributed by atoms with E-state index in [9.17, 15) is 38.4 Å². The molecule has 1 aliphatic heterocycles. The molecule has 2 rings (SSSR count). The van der Waals surface area contributed by atoms with Crippen molar-refractivity contribution in [1.82, 2.24) is 9.55 Å². The molecule has 1 aromatic heterocycles. The molecule has 15 nitrogen and oxygen atoms in total. The lowest BCUT2D eigenvalue weighted by atomic mass is 10.1. The molecule has 0 spiro atoms. The highest BCUT2D eigenvalue weighted by molar-refractivity contribution is 7.70. The SMILES string of the molecule is Cc1cn([C@@H]2O[C@H](COP(=O)(O)OP(C)(=O)OP(C)(=O)O)[C@H](O)C2O)c(=O)[nH]c1=O. The number of nitrogens with one attached hydrogen (secondary N) is 1. The first-order valence-corrected chi connectivity index (χ1v) is 13.6. The van der Waals surface area contributed by atoms with Crippen molar-refractivity contribution in [2.24, 2.45) is 0 Å². The van der Waals surface area contributed by atoms with Crippen LogP contribution in [0.5, 0.6) is 0 Å². The fourth-order valence-electron chi connectivity index (χ4n) is 2.54. The van der Waals surface area contributed by atoms with E-state index >= 15 is 0 Å². The summed E-state index contributed by atoms with van der Waals surface area (Å²) in [5, 5.41) is 20.2. The molecular weight excluding hydrogens is 473 g/mol. The Morgan fingerprint density at radius 2 is 1.73 bits per heavy atom. The van der Waals surface area contributed by atoms with E-state index in [1.54, 1.807) is 0 Å². The van der Waals surface area contributed by atoms with E-state index in [4.69, 9.17) is 9.63 Å². The summed E-state index contributed by atoms with van der Waals surface area (Å²) in [6, 6.07) is 0. The summed E-state index contributed by atoms with van der Waals surface area (Å²) >= 11 is 0. The number of aliphatic hydroxyl groups excluding tert-OH is 2. The minimum atomic E-state index is -5.12. The highest BCUT2D eigenvalue weighted by Gasteiger charge is 2.46. The first-order valence-electron chi connectivity index (χ1n) is 8.13. The topological polar surface area (TPSA) is 224 Å². The minimum Gasteiger partial charge on any atom is -0.387 e. The van der Waals surface area contributed by atoms with Crippen LogP contribution in [-0.2, 0) is 31.6 Å². The lowest BCUT2D eigenvalue weighted by molar-refractivity contribution is -0.0541. The molecule has 18 heteroatoms. The van der Waals surface area contributed by atoms with E-state index in [1.165, 1.54) is 6.92 Å². The Kier molecular flexibility index (Phi) is 7.50. The molecule has 1 aliphatic rings. The first kappa shape index (κ1) is 25.3. The summed E-state index contributed by atoms with van der Waals surface area (Å²) in [6.07, 6.45) is -5.18. The number of aromatic amines is 1. The lowest BCUT2D eigenvalue weighted by Crippen LogP contribution is -2.38. The van der Waals surface area contributed by atoms with Gasteiger partial charge < -0.3 is 24.7 Å². The maximum atomic E-state index is 11.9. The molecule has 1 fully saturated rings. The van der Waals surface area contributed by atoms with Crippen molar-refractivity contribution in [1.29, 1.82) is 0 Å². The van der Waals surface area contributed by atoms with Gasteiger partial charge in [0.2, 0.25) is 0 Å². The number of aliphatic hydroxyl groups is 2. The van der Waals surface area contributed by atoms with Gasteiger partial charge in [0.05, 0.1) is 6.61 Å². The summed E-state index contributed by atoms with van der Waals surface area (Å²) in [6.45, 7) is 1.86. The average molecular weight is 494 g/mol. The van der Waals surface area contributed by atoms with Crippen molar-refractivity contribution < 1.29 is 51.6 Å². The van der Waals surface area contributed by atoms with Crippen LogP contribution in [0.15, 0.2) is 15.8 Å². The molecule has 30 heavy (non-hydrogen) atoms. The van der Waals surface area contributed by atoms with Gasteiger partial charge in [-0.15, -0.1) is 0 Å². The standard InChI is InChI=1S/C12H21N2O13P3/c1-6-4-14(12(18)13-10(6)17)11-9(16)8(15)7(25-11)5-24-30(22,23)27-29(3,21)26-28(2,19)20/h4,7-9,11,15-16H,5H2,1-3H3,(H,19,20)(H,22,23)(H,13,17,18)/t7-,8+,9?,11-,29?/m1/s1. The molecular formula is C12H21N2O13P3. The van der Waals surface area contributed by atoms with E-state index < -0.39 is 65.4 Å². The van der Waals surface area contributed by atoms with Gasteiger partial charge in [-0.2, -0.15) is 0 Å². The summed E-state index contributed by atoms with van der Waals surface area (Å²) in [7, 11) is -13.9. The zero-order valence-corrected chi connectivity index (χ0v) is 18.5. The summed E-state index contributed by atoms with van der Waals surface area (Å²) in [5.41, 5.74) is -1.48. The molecule has 0 amide bonds. The van der Waals surface area contributed by atoms with Crippen molar-refractivity contribution in [2.45, 2.75) is 31.5 Å². The Labute approximate surface area is 168 Å². The molecule has 5 N–H and O–H groups in total. The van der Waals surface area contributed by atoms with Crippen LogP contribution in [0.2, 0.25) is 0 Å². The third-order valence-electron chi connectivity index (χ3n) is 3.71. The highest BCUT2D eigenvalue weighted by Crippen LogP contribution is 2.66. The fraction of sp³-hybridized carbons (Fsp3) is 0.667. The lowest BCUT2D eigenvalue weighted by Gasteiger charge is -2.20. The second-order valence-electron chi connectivity index (χ2n) is 6.53. The van der Waals surface area contributed by atoms with Crippen LogP contribution in [0, 0.1) is 6.92 Å². The minimum absolute atomic E-state index is 0.114. The largest absolute Gasteiger partial charge is 0.479 e. The van der Waals surface area contributed by atoms with E-state index in [2.05, 4.69) is 13.1 Å². The quantitative estimate of drug-likeness (QED) is 0.281. The number of aryl methyl sites for hydroxylation is 1. The summed E-state index contributed by atoms with van der Waals surface area (Å²) in [4.78, 5) is 44.1. The van der Waals surface area contributed by atoms with Gasteiger partial charge in [-0.05, 0) is 6.92 Å². The van der Waals surface area contributed by atoms with Gasteiger partial charge in [0.25, 0.3) is 5.56 Å². The number of aromatic nitrogens is 2. The Bertz CT molecular complexity index is 1040. The molecule has 0 bridgehead atoms. The normalized spacial score (nSPS) is 30.4. The van der Waals surface area contributed by atoms with Crippen molar-refractivity contribution in [3.05, 3.63) is 32.6 Å². The Morgan fingerprint density at radius 1 is 1.13 bits per heavy atom. The second kappa shape index (κ2) is 8.89. The maximum Gasteiger partial charge on any atom is 0.479 e. The van der Waals surface area contributed by atoms with E-state index in [0.717, 1.165) is 10.8 Å². The molecule has 4 unspecified atom stereocenters. The molecule has 7 atom stereocenters. The first-order chi connectivity index (χ1) is 13.5. The van der Waals surface area contributed by atoms with Crippen molar-refractivity contribution in [2.75, 3.05) is 19.9 Å². The van der Waals surface area contributed by atoms with Crippen molar-refractivity contribution in [3.63, 3.8) is 0 Å². The van der Waals surface area contributed by atoms with Gasteiger partial charge >= 0.3 is 28.7 Å². The summed E-state index contributed by atoms with van der Waals surface area (Å²) < 4.78 is 54.2. The Morgan fingerprint density at radius 3 is 2.30 bits per heavy atom. The zero-order chi connectivity index (χ0) is 23.1. The number of nitrogens with zero attached hydrogens (tertiary/aromatic N) is 1. The van der Waals surface area contributed by atoms with Crippen LogP contribution in [0.3, 0.4) is 0 Å². The van der Waals surface area contributed by atoms with E-state index in [0.29, 0.717) is 13.3 Å². The van der Waals surface area contributed by atoms with Crippen molar-refractivity contribution in [3.8, 4) is 0 Å². The molecule has 1 saturated heterocycles. The molecule has 1 aromatic rings. The van der Waals surface area contributed by atoms with Gasteiger partial charge in [-0.3, -0.25) is 28.0 Å². The van der Waals surface area contributed by atoms with Crippen LogP contribution in [0.25, 0.3) is 0 Å². The maximum absolute atomic E-state index is 11.9. The van der Waals surface area contributed by atoms with Crippen molar-refractivity contribution >= 4 is 23.0 Å². The van der Waals surface area contributed by atoms with Crippen LogP contribution in [-0.4, -0.2) is 67.8 Å². The number of phosphoric acid groups is 1. The van der Waals surface area contributed by atoms with Gasteiger partial charge in [0.1, 0.15) is 18.3 Å². The monoisotopic (exact) mass is 494 g/mol. The molecule has 172 valence electrons. The molecule has 0 radical (unpaired) electrons. The Hall–Kier alpha value is -0.950. The molecule has 0 saturated carbocycles. The number of H-pyrrole nitrogens is 1. The number of phosphoric ester groups is 1. The third kappa shape index (κ3) is 6.52. The predicted molar refractivity (Wildman–Crippen MR) is 99.2 cm³/mol. The van der Waals surface area contributed by atoms with Gasteiger partial charge in [-0.25, -0.2) is 18.0 Å². The van der Waals surface area contributed by atoms with Gasteiger partial charge in [-0.1, -0.05) is 0 Å². The second-order valence-corrected chi connectivity index (χ2v) is 12.2. The van der Waals surface area contributed by atoms with E-state index in [1.807, 2.05) is 4.98 Å². The van der Waals surface area contributed by atoms with Gasteiger partial charge in [0.15, 0.2) is 6.23 Å². The third-order valence-corrected chi connectivity index (χ3v) is 8.60. The number of hydrogen-bond donors (Lipinski definition) is 5. The van der Waals surface area contributed by atoms with Crippen LogP contribution >= 0.6 is 23.0 Å². The highest BCUT2D eigenvalue weighted by atomic mass is 31.3. The number of hydrogen-bond acceptors (Lipinski definition) is 11. The molecule has 0 aromatic carbocycles. The fourth-order valence-corrected chi connectivity index (χ4v) is 7.15. The molecule has 0 aliphatic carbocycles. The van der Waals surface area contributed by atoms with Crippen LogP contribution in [0.1, 0.15) is 11.8 Å². The van der Waals surface area contributed by atoms with Gasteiger partial charge in [0, 0.05) is 25.1 Å².